The van der Waals surface area contributed by atoms with Crippen molar-refractivity contribution in [2.45, 2.75) is 58.8 Å². The lowest BCUT2D eigenvalue weighted by Gasteiger charge is -2.09. The molecule has 2 aromatic rings. The molecule has 0 saturated heterocycles. The highest BCUT2D eigenvalue weighted by Crippen LogP contribution is 2.26. The Morgan fingerprint density at radius 2 is 1.73 bits per heavy atom. The fourth-order valence-corrected chi connectivity index (χ4v) is 3.14. The van der Waals surface area contributed by atoms with Crippen LogP contribution in [0.3, 0.4) is 0 Å². The minimum Gasteiger partial charge on any atom is -0.478 e. The normalized spacial score (nSPS) is 11.2. The van der Waals surface area contributed by atoms with E-state index in [1.807, 2.05) is 24.3 Å². The van der Waals surface area contributed by atoms with E-state index in [1.165, 1.54) is 31.2 Å². The van der Waals surface area contributed by atoms with Crippen LogP contribution in [0.1, 0.15) is 73.9 Å². The standard InChI is InChI=1S/C24H30O2/c1-3-5-6-7-8-9-11-19-12-15-21(16-13-19)23-18-20(10-4-2)14-17-22(23)24(25)26/h9,11-18H,3-8,10H2,1-2H3,(H,25,26). The second kappa shape index (κ2) is 10.6. The van der Waals surface area contributed by atoms with Crippen molar-refractivity contribution < 1.29 is 9.90 Å². The number of allylic oxidation sites excluding steroid dienone is 1. The Kier molecular flexibility index (Phi) is 8.14. The van der Waals surface area contributed by atoms with Crippen molar-refractivity contribution >= 4 is 12.0 Å². The van der Waals surface area contributed by atoms with Gasteiger partial charge >= 0.3 is 5.97 Å². The van der Waals surface area contributed by atoms with Gasteiger partial charge in [-0.15, -0.1) is 0 Å². The fraction of sp³-hybridized carbons (Fsp3) is 0.375. The summed E-state index contributed by atoms with van der Waals surface area (Å²) < 4.78 is 0. The fourth-order valence-electron chi connectivity index (χ4n) is 3.14. The maximum atomic E-state index is 11.6. The van der Waals surface area contributed by atoms with Gasteiger partial charge in [0.25, 0.3) is 0 Å². The number of rotatable bonds is 10. The van der Waals surface area contributed by atoms with Crippen molar-refractivity contribution in [2.24, 2.45) is 0 Å². The third-order valence-corrected chi connectivity index (χ3v) is 4.61. The van der Waals surface area contributed by atoms with Crippen LogP contribution in [0.2, 0.25) is 0 Å². The number of carboxylic acids is 1. The van der Waals surface area contributed by atoms with Crippen LogP contribution in [0.25, 0.3) is 17.2 Å². The van der Waals surface area contributed by atoms with Gasteiger partial charge < -0.3 is 5.11 Å². The molecule has 2 heteroatoms. The Morgan fingerprint density at radius 1 is 0.962 bits per heavy atom. The van der Waals surface area contributed by atoms with Gasteiger partial charge in [0.05, 0.1) is 5.56 Å². The minimum absolute atomic E-state index is 0.365. The number of hydrogen-bond donors (Lipinski definition) is 1. The summed E-state index contributed by atoms with van der Waals surface area (Å²) >= 11 is 0. The first-order valence-electron chi connectivity index (χ1n) is 9.79. The van der Waals surface area contributed by atoms with Crippen molar-refractivity contribution in [1.82, 2.24) is 0 Å². The van der Waals surface area contributed by atoms with E-state index in [-0.39, 0.29) is 0 Å². The smallest absolute Gasteiger partial charge is 0.336 e. The van der Waals surface area contributed by atoms with Gasteiger partial charge in [-0.25, -0.2) is 4.79 Å². The maximum Gasteiger partial charge on any atom is 0.336 e. The number of benzene rings is 2. The van der Waals surface area contributed by atoms with Gasteiger partial charge in [0, 0.05) is 0 Å². The van der Waals surface area contributed by atoms with Gasteiger partial charge in [-0.1, -0.05) is 88.1 Å². The summed E-state index contributed by atoms with van der Waals surface area (Å²) in [7, 11) is 0. The van der Waals surface area contributed by atoms with Crippen LogP contribution in [0.4, 0.5) is 0 Å². The van der Waals surface area contributed by atoms with Crippen LogP contribution in [0.5, 0.6) is 0 Å². The molecule has 0 aliphatic rings. The van der Waals surface area contributed by atoms with Gasteiger partial charge in [-0.3, -0.25) is 0 Å². The zero-order chi connectivity index (χ0) is 18.8. The Hall–Kier alpha value is -2.35. The van der Waals surface area contributed by atoms with E-state index >= 15 is 0 Å². The van der Waals surface area contributed by atoms with E-state index in [0.717, 1.165) is 36.0 Å². The third kappa shape index (κ3) is 5.87. The molecular weight excluding hydrogens is 320 g/mol. The average Bonchev–Trinajstić information content (AvgIpc) is 2.65. The number of aryl methyl sites for hydroxylation is 1. The summed E-state index contributed by atoms with van der Waals surface area (Å²) in [5.41, 5.74) is 4.47. The first-order chi connectivity index (χ1) is 12.7. The Bertz CT molecular complexity index is 726. The predicted molar refractivity (Wildman–Crippen MR) is 111 cm³/mol. The molecule has 0 amide bonds. The molecule has 0 atom stereocenters. The Labute approximate surface area is 157 Å². The summed E-state index contributed by atoms with van der Waals surface area (Å²) in [5, 5.41) is 9.50. The van der Waals surface area contributed by atoms with Crippen molar-refractivity contribution in [3.8, 4) is 11.1 Å². The van der Waals surface area contributed by atoms with Gasteiger partial charge in [-0.05, 0) is 47.6 Å². The van der Waals surface area contributed by atoms with Gasteiger partial charge in [0.1, 0.15) is 0 Å². The molecule has 1 N–H and O–H groups in total. The minimum atomic E-state index is -0.876. The molecule has 0 spiro atoms. The van der Waals surface area contributed by atoms with E-state index in [4.69, 9.17) is 0 Å². The van der Waals surface area contributed by atoms with E-state index in [0.29, 0.717) is 5.56 Å². The molecule has 2 nitrogen and oxygen atoms in total. The topological polar surface area (TPSA) is 37.3 Å². The molecule has 0 aromatic heterocycles. The van der Waals surface area contributed by atoms with Crippen molar-refractivity contribution in [1.29, 1.82) is 0 Å². The molecule has 0 aliphatic carbocycles. The molecule has 0 unspecified atom stereocenters. The largest absolute Gasteiger partial charge is 0.478 e. The highest BCUT2D eigenvalue weighted by molar-refractivity contribution is 5.96. The molecule has 26 heavy (non-hydrogen) atoms. The van der Waals surface area contributed by atoms with Crippen LogP contribution in [0, 0.1) is 0 Å². The lowest BCUT2D eigenvalue weighted by atomic mass is 9.95. The summed E-state index contributed by atoms with van der Waals surface area (Å²) in [5.74, 6) is -0.876. The SMILES string of the molecule is CCCCCCC=Cc1ccc(-c2cc(CCC)ccc2C(=O)O)cc1. The second-order valence-corrected chi connectivity index (χ2v) is 6.81. The molecule has 2 rings (SSSR count). The number of carbonyl (C=O) groups is 1. The van der Waals surface area contributed by atoms with Crippen LogP contribution >= 0.6 is 0 Å². The summed E-state index contributed by atoms with van der Waals surface area (Å²) in [6.07, 6.45) is 12.6. The van der Waals surface area contributed by atoms with Gasteiger partial charge in [-0.2, -0.15) is 0 Å². The van der Waals surface area contributed by atoms with Crippen LogP contribution < -0.4 is 0 Å². The van der Waals surface area contributed by atoms with Gasteiger partial charge in [0.2, 0.25) is 0 Å². The Balaban J connectivity index is 2.13. The molecule has 0 aliphatic heterocycles. The quantitative estimate of drug-likeness (QED) is 0.469. The van der Waals surface area contributed by atoms with Crippen molar-refractivity contribution in [2.75, 3.05) is 0 Å². The van der Waals surface area contributed by atoms with Crippen LogP contribution in [-0.2, 0) is 6.42 Å². The highest BCUT2D eigenvalue weighted by atomic mass is 16.4. The first kappa shape index (κ1) is 20.0. The molecule has 2 aromatic carbocycles. The number of hydrogen-bond acceptors (Lipinski definition) is 1. The summed E-state index contributed by atoms with van der Waals surface area (Å²) in [6, 6.07) is 13.8. The monoisotopic (exact) mass is 350 g/mol. The average molecular weight is 351 g/mol. The zero-order valence-electron chi connectivity index (χ0n) is 16.0. The number of unbranched alkanes of at least 4 members (excludes halogenated alkanes) is 4. The lowest BCUT2D eigenvalue weighted by molar-refractivity contribution is 0.0697. The molecular formula is C24H30O2. The van der Waals surface area contributed by atoms with E-state index in [2.05, 4.69) is 38.1 Å². The molecule has 0 saturated carbocycles. The summed E-state index contributed by atoms with van der Waals surface area (Å²) in [6.45, 7) is 4.36. The highest BCUT2D eigenvalue weighted by Gasteiger charge is 2.12. The van der Waals surface area contributed by atoms with Crippen molar-refractivity contribution in [3.63, 3.8) is 0 Å². The third-order valence-electron chi connectivity index (χ3n) is 4.61. The number of carboxylic acid groups (broad SMARTS) is 1. The number of aromatic carboxylic acids is 1. The van der Waals surface area contributed by atoms with E-state index < -0.39 is 5.97 Å². The molecule has 0 radical (unpaired) electrons. The molecule has 138 valence electrons. The zero-order valence-corrected chi connectivity index (χ0v) is 16.0. The molecule has 0 heterocycles. The first-order valence-corrected chi connectivity index (χ1v) is 9.79. The van der Waals surface area contributed by atoms with Crippen LogP contribution in [-0.4, -0.2) is 11.1 Å². The van der Waals surface area contributed by atoms with E-state index in [9.17, 15) is 9.90 Å². The molecule has 0 bridgehead atoms. The Morgan fingerprint density at radius 3 is 2.38 bits per heavy atom. The molecule has 0 fully saturated rings. The van der Waals surface area contributed by atoms with Gasteiger partial charge in [0.15, 0.2) is 0 Å². The van der Waals surface area contributed by atoms with Crippen molar-refractivity contribution in [3.05, 3.63) is 65.2 Å². The van der Waals surface area contributed by atoms with Crippen LogP contribution in [0.15, 0.2) is 48.5 Å². The second-order valence-electron chi connectivity index (χ2n) is 6.81. The maximum absolute atomic E-state index is 11.6. The van der Waals surface area contributed by atoms with E-state index in [1.54, 1.807) is 6.07 Å². The predicted octanol–water partition coefficient (Wildman–Crippen LogP) is 6.99. The summed E-state index contributed by atoms with van der Waals surface area (Å²) in [4.78, 5) is 11.6. The lowest BCUT2D eigenvalue weighted by Crippen LogP contribution is -2.00.